The van der Waals surface area contributed by atoms with Gasteiger partial charge in [0.2, 0.25) is 0 Å². The van der Waals surface area contributed by atoms with E-state index in [4.69, 9.17) is 0 Å². The van der Waals surface area contributed by atoms with Gasteiger partial charge in [0.1, 0.15) is 0 Å². The molecule has 2 heterocycles. The third-order valence-electron chi connectivity index (χ3n) is 3.36. The van der Waals surface area contributed by atoms with Gasteiger partial charge in [0.05, 0.1) is 0 Å². The molecule has 1 aromatic carbocycles. The zero-order chi connectivity index (χ0) is 14.7. The fourth-order valence-corrected chi connectivity index (χ4v) is 2.89. The van der Waals surface area contributed by atoms with E-state index in [1.54, 1.807) is 16.2 Å². The first-order valence-corrected chi connectivity index (χ1v) is 7.68. The van der Waals surface area contributed by atoms with E-state index in [1.807, 2.05) is 71.9 Å². The summed E-state index contributed by atoms with van der Waals surface area (Å²) < 4.78 is 2.02. The van der Waals surface area contributed by atoms with Crippen LogP contribution in [0.2, 0.25) is 0 Å². The first-order chi connectivity index (χ1) is 10.2. The average molecular weight is 296 g/mol. The van der Waals surface area contributed by atoms with E-state index < -0.39 is 0 Å². The molecule has 0 saturated carbocycles. The average Bonchev–Trinajstić information content (AvgIpc) is 3.20. The van der Waals surface area contributed by atoms with Gasteiger partial charge < -0.3 is 9.47 Å². The van der Waals surface area contributed by atoms with Gasteiger partial charge >= 0.3 is 0 Å². The number of aromatic nitrogens is 1. The lowest BCUT2D eigenvalue weighted by Gasteiger charge is -2.16. The van der Waals surface area contributed by atoms with E-state index in [2.05, 4.69) is 5.38 Å². The highest BCUT2D eigenvalue weighted by Gasteiger charge is 2.12. The van der Waals surface area contributed by atoms with Crippen molar-refractivity contribution in [2.75, 3.05) is 7.05 Å². The predicted octanol–water partition coefficient (Wildman–Crippen LogP) is 3.81. The Balaban J connectivity index is 1.72. The van der Waals surface area contributed by atoms with E-state index in [1.165, 1.54) is 5.56 Å². The maximum absolute atomic E-state index is 12.4. The summed E-state index contributed by atoms with van der Waals surface area (Å²) >= 11 is 1.65. The molecule has 21 heavy (non-hydrogen) atoms. The minimum Gasteiger partial charge on any atom is -0.337 e. The van der Waals surface area contributed by atoms with E-state index >= 15 is 0 Å². The van der Waals surface area contributed by atoms with Gasteiger partial charge in [-0.25, -0.2) is 0 Å². The Morgan fingerprint density at radius 2 is 1.86 bits per heavy atom. The molecular formula is C17H16N2OS. The van der Waals surface area contributed by atoms with Gasteiger partial charge in [-0.1, -0.05) is 0 Å². The Morgan fingerprint density at radius 3 is 2.48 bits per heavy atom. The molecule has 4 heteroatoms. The first kappa shape index (κ1) is 13.6. The van der Waals surface area contributed by atoms with Crippen molar-refractivity contribution in [3.8, 4) is 5.69 Å². The molecule has 0 aliphatic carbocycles. The van der Waals surface area contributed by atoms with Crippen LogP contribution in [-0.4, -0.2) is 22.4 Å². The van der Waals surface area contributed by atoms with Crippen LogP contribution in [0.25, 0.3) is 5.69 Å². The minimum absolute atomic E-state index is 0.0419. The lowest BCUT2D eigenvalue weighted by molar-refractivity contribution is 0.0785. The summed E-state index contributed by atoms with van der Waals surface area (Å²) in [6.07, 6.45) is 3.97. The van der Waals surface area contributed by atoms with Crippen molar-refractivity contribution in [1.29, 1.82) is 0 Å². The van der Waals surface area contributed by atoms with Gasteiger partial charge in [0.15, 0.2) is 0 Å². The number of benzene rings is 1. The third-order valence-corrected chi connectivity index (χ3v) is 4.10. The van der Waals surface area contributed by atoms with Gasteiger partial charge in [-0.15, -0.1) is 0 Å². The Bertz CT molecular complexity index is 700. The number of carbonyl (C=O) groups excluding carboxylic acids is 1. The van der Waals surface area contributed by atoms with Crippen LogP contribution in [0.5, 0.6) is 0 Å². The second-order valence-corrected chi connectivity index (χ2v) is 5.71. The molecule has 0 spiro atoms. The summed E-state index contributed by atoms with van der Waals surface area (Å²) in [6.45, 7) is 0.641. The molecule has 0 radical (unpaired) electrons. The van der Waals surface area contributed by atoms with E-state index in [9.17, 15) is 4.79 Å². The Morgan fingerprint density at radius 1 is 1.14 bits per heavy atom. The fraction of sp³-hybridized carbons (Fsp3) is 0.118. The van der Waals surface area contributed by atoms with Crippen molar-refractivity contribution >= 4 is 17.2 Å². The highest BCUT2D eigenvalue weighted by molar-refractivity contribution is 7.07. The second kappa shape index (κ2) is 5.97. The molecular weight excluding hydrogens is 280 g/mol. The van der Waals surface area contributed by atoms with E-state index in [-0.39, 0.29) is 5.91 Å². The monoisotopic (exact) mass is 296 g/mol. The molecule has 0 fully saturated rings. The van der Waals surface area contributed by atoms with Crippen LogP contribution >= 0.6 is 11.3 Å². The molecule has 3 nitrogen and oxygen atoms in total. The van der Waals surface area contributed by atoms with Gasteiger partial charge in [0.25, 0.3) is 5.91 Å². The lowest BCUT2D eigenvalue weighted by atomic mass is 10.1. The minimum atomic E-state index is 0.0419. The quantitative estimate of drug-likeness (QED) is 0.718. The highest BCUT2D eigenvalue weighted by Crippen LogP contribution is 2.14. The van der Waals surface area contributed by atoms with Crippen LogP contribution in [0.1, 0.15) is 15.9 Å². The summed E-state index contributed by atoms with van der Waals surface area (Å²) in [5.41, 5.74) is 2.93. The van der Waals surface area contributed by atoms with Crippen LogP contribution in [-0.2, 0) is 6.54 Å². The normalized spacial score (nSPS) is 10.5. The third kappa shape index (κ3) is 3.06. The molecule has 0 atom stereocenters. The van der Waals surface area contributed by atoms with Crippen molar-refractivity contribution in [2.45, 2.75) is 6.54 Å². The van der Waals surface area contributed by atoms with Gasteiger partial charge in [0, 0.05) is 37.2 Å². The number of nitrogens with zero attached hydrogens (tertiary/aromatic N) is 2. The van der Waals surface area contributed by atoms with Gasteiger partial charge in [-0.05, 0) is 58.8 Å². The molecule has 0 N–H and O–H groups in total. The summed E-state index contributed by atoms with van der Waals surface area (Å²) in [4.78, 5) is 14.1. The zero-order valence-electron chi connectivity index (χ0n) is 11.8. The van der Waals surface area contributed by atoms with E-state index in [0.29, 0.717) is 12.1 Å². The smallest absolute Gasteiger partial charge is 0.253 e. The van der Waals surface area contributed by atoms with Crippen molar-refractivity contribution in [3.63, 3.8) is 0 Å². The van der Waals surface area contributed by atoms with Crippen molar-refractivity contribution in [3.05, 3.63) is 76.7 Å². The highest BCUT2D eigenvalue weighted by atomic mass is 32.1. The number of carbonyl (C=O) groups is 1. The fourth-order valence-electron chi connectivity index (χ4n) is 2.23. The molecule has 1 amide bonds. The number of rotatable bonds is 4. The molecule has 3 rings (SSSR count). The summed E-state index contributed by atoms with van der Waals surface area (Å²) in [5.74, 6) is 0.0419. The van der Waals surface area contributed by atoms with Gasteiger partial charge in [-0.3, -0.25) is 4.79 Å². The van der Waals surface area contributed by atoms with Crippen LogP contribution in [0, 0.1) is 0 Å². The second-order valence-electron chi connectivity index (χ2n) is 4.93. The molecule has 106 valence electrons. The molecule has 0 bridgehead atoms. The van der Waals surface area contributed by atoms with Crippen LogP contribution < -0.4 is 0 Å². The van der Waals surface area contributed by atoms with Crippen LogP contribution in [0.3, 0.4) is 0 Å². The Hall–Kier alpha value is -2.33. The summed E-state index contributed by atoms with van der Waals surface area (Å²) in [7, 11) is 1.83. The Kier molecular flexibility index (Phi) is 3.88. The predicted molar refractivity (Wildman–Crippen MR) is 85.9 cm³/mol. The Labute approximate surface area is 128 Å². The lowest BCUT2D eigenvalue weighted by Crippen LogP contribution is -2.25. The summed E-state index contributed by atoms with van der Waals surface area (Å²) in [5, 5.41) is 4.10. The largest absolute Gasteiger partial charge is 0.337 e. The number of hydrogen-bond donors (Lipinski definition) is 0. The molecule has 0 saturated heterocycles. The van der Waals surface area contributed by atoms with Crippen molar-refractivity contribution < 1.29 is 4.79 Å². The number of hydrogen-bond acceptors (Lipinski definition) is 2. The van der Waals surface area contributed by atoms with Crippen molar-refractivity contribution in [1.82, 2.24) is 9.47 Å². The molecule has 0 aliphatic rings. The standard InChI is InChI=1S/C17H16N2OS/c1-18(12-14-8-11-21-13-14)17(20)15-4-6-16(7-5-15)19-9-2-3-10-19/h2-11,13H,12H2,1H3. The first-order valence-electron chi connectivity index (χ1n) is 6.74. The SMILES string of the molecule is CN(Cc1ccsc1)C(=O)c1ccc(-n2cccc2)cc1. The molecule has 3 aromatic rings. The summed E-state index contributed by atoms with van der Waals surface area (Å²) in [6, 6.07) is 13.7. The van der Waals surface area contributed by atoms with Crippen LogP contribution in [0.4, 0.5) is 0 Å². The molecule has 0 unspecified atom stereocenters. The van der Waals surface area contributed by atoms with E-state index in [0.717, 1.165) is 5.69 Å². The number of amides is 1. The molecule has 2 aromatic heterocycles. The number of thiophene rings is 1. The van der Waals surface area contributed by atoms with Gasteiger partial charge in [-0.2, -0.15) is 11.3 Å². The maximum Gasteiger partial charge on any atom is 0.253 e. The zero-order valence-corrected chi connectivity index (χ0v) is 12.6. The topological polar surface area (TPSA) is 25.2 Å². The van der Waals surface area contributed by atoms with Crippen molar-refractivity contribution in [2.24, 2.45) is 0 Å². The molecule has 0 aliphatic heterocycles. The van der Waals surface area contributed by atoms with Crippen LogP contribution in [0.15, 0.2) is 65.6 Å². The maximum atomic E-state index is 12.4.